The molecule has 4 nitrogen and oxygen atoms in total. The molecule has 18 heavy (non-hydrogen) atoms. The van der Waals surface area contributed by atoms with Crippen molar-refractivity contribution in [2.75, 3.05) is 12.4 Å². The number of carbonyl (C=O) groups excluding carboxylic acids is 1. The van der Waals surface area contributed by atoms with Crippen LogP contribution in [0.2, 0.25) is 0 Å². The second kappa shape index (κ2) is 4.34. The van der Waals surface area contributed by atoms with Gasteiger partial charge in [-0.25, -0.2) is 0 Å². The van der Waals surface area contributed by atoms with Gasteiger partial charge in [0.25, 0.3) is 0 Å². The normalized spacial score (nSPS) is 15.7. The number of nitrogens with zero attached hydrogens (tertiary/aromatic N) is 1. The van der Waals surface area contributed by atoms with Crippen LogP contribution in [-0.2, 0) is 4.79 Å². The molecule has 0 aliphatic heterocycles. The molecule has 1 aromatic carbocycles. The highest BCUT2D eigenvalue weighted by Gasteiger charge is 2.50. The van der Waals surface area contributed by atoms with E-state index in [0.29, 0.717) is 24.3 Å². The Morgan fingerprint density at radius 3 is 2.61 bits per heavy atom. The molecule has 1 aliphatic rings. The van der Waals surface area contributed by atoms with Crippen molar-refractivity contribution in [3.8, 4) is 11.8 Å². The smallest absolute Gasteiger partial charge is 0.244 e. The molecule has 1 aliphatic carbocycles. The van der Waals surface area contributed by atoms with Gasteiger partial charge in [-0.1, -0.05) is 6.07 Å². The highest BCUT2D eigenvalue weighted by Crippen LogP contribution is 2.46. The molecule has 4 heteroatoms. The van der Waals surface area contributed by atoms with Gasteiger partial charge in [-0.15, -0.1) is 0 Å². The van der Waals surface area contributed by atoms with E-state index in [0.717, 1.165) is 11.1 Å². The molecular weight excluding hydrogens is 228 g/mol. The fraction of sp³-hybridized carbons (Fsp3) is 0.429. The number of carbonyl (C=O) groups is 1. The third-order valence-electron chi connectivity index (χ3n) is 3.27. The van der Waals surface area contributed by atoms with Crippen molar-refractivity contribution in [3.63, 3.8) is 0 Å². The highest BCUT2D eigenvalue weighted by atomic mass is 16.5. The first-order valence-corrected chi connectivity index (χ1v) is 5.90. The van der Waals surface area contributed by atoms with Crippen LogP contribution >= 0.6 is 0 Å². The first-order valence-electron chi connectivity index (χ1n) is 5.90. The minimum atomic E-state index is -0.817. The molecule has 0 unspecified atom stereocenters. The Hall–Kier alpha value is -2.02. The van der Waals surface area contributed by atoms with Crippen molar-refractivity contribution >= 4 is 11.6 Å². The summed E-state index contributed by atoms with van der Waals surface area (Å²) in [4.78, 5) is 12.0. The Kier molecular flexibility index (Phi) is 3.00. The van der Waals surface area contributed by atoms with Gasteiger partial charge in [0, 0.05) is 0 Å². The first-order chi connectivity index (χ1) is 8.52. The van der Waals surface area contributed by atoms with Crippen LogP contribution in [-0.4, -0.2) is 13.0 Å². The molecule has 1 fully saturated rings. The number of methoxy groups -OCH3 is 1. The second-order valence-electron chi connectivity index (χ2n) is 4.81. The summed E-state index contributed by atoms with van der Waals surface area (Å²) >= 11 is 0. The number of anilines is 1. The van der Waals surface area contributed by atoms with Crippen molar-refractivity contribution in [2.45, 2.75) is 26.7 Å². The number of amides is 1. The molecule has 0 bridgehead atoms. The van der Waals surface area contributed by atoms with Gasteiger partial charge < -0.3 is 10.1 Å². The van der Waals surface area contributed by atoms with Crippen LogP contribution in [0, 0.1) is 30.6 Å². The minimum Gasteiger partial charge on any atom is -0.494 e. The zero-order valence-electron chi connectivity index (χ0n) is 10.8. The number of rotatable bonds is 3. The number of hydrogen-bond acceptors (Lipinski definition) is 3. The number of nitriles is 1. The Labute approximate surface area is 107 Å². The van der Waals surface area contributed by atoms with Gasteiger partial charge >= 0.3 is 0 Å². The van der Waals surface area contributed by atoms with Crippen molar-refractivity contribution in [1.29, 1.82) is 5.26 Å². The van der Waals surface area contributed by atoms with Gasteiger partial charge in [0.1, 0.15) is 11.2 Å². The number of ether oxygens (including phenoxy) is 1. The van der Waals surface area contributed by atoms with Crippen molar-refractivity contribution in [1.82, 2.24) is 0 Å². The van der Waals surface area contributed by atoms with E-state index >= 15 is 0 Å². The lowest BCUT2D eigenvalue weighted by atomic mass is 10.1. The Bertz CT molecular complexity index is 539. The predicted molar refractivity (Wildman–Crippen MR) is 68.4 cm³/mol. The minimum absolute atomic E-state index is 0.228. The Morgan fingerprint density at radius 1 is 1.44 bits per heavy atom. The molecule has 1 amide bonds. The summed E-state index contributed by atoms with van der Waals surface area (Å²) in [5.74, 6) is 0.427. The summed E-state index contributed by atoms with van der Waals surface area (Å²) in [7, 11) is 1.57. The molecule has 2 rings (SSSR count). The Balaban J connectivity index is 2.29. The molecule has 0 saturated heterocycles. The number of hydrogen-bond donors (Lipinski definition) is 1. The average Bonchev–Trinajstić information content (AvgIpc) is 3.09. The van der Waals surface area contributed by atoms with Crippen molar-refractivity contribution in [2.24, 2.45) is 5.41 Å². The first kappa shape index (κ1) is 12.4. The van der Waals surface area contributed by atoms with E-state index in [9.17, 15) is 4.79 Å². The second-order valence-corrected chi connectivity index (χ2v) is 4.81. The van der Waals surface area contributed by atoms with Crippen molar-refractivity contribution < 1.29 is 9.53 Å². The monoisotopic (exact) mass is 244 g/mol. The molecule has 0 atom stereocenters. The molecule has 1 saturated carbocycles. The molecule has 0 radical (unpaired) electrons. The van der Waals surface area contributed by atoms with Crippen molar-refractivity contribution in [3.05, 3.63) is 23.3 Å². The predicted octanol–water partition coefficient (Wildman–Crippen LogP) is 2.55. The molecule has 0 spiro atoms. The zero-order chi connectivity index (χ0) is 13.3. The summed E-state index contributed by atoms with van der Waals surface area (Å²) in [5, 5.41) is 11.8. The van der Waals surface area contributed by atoms with E-state index in [1.54, 1.807) is 7.11 Å². The van der Waals surface area contributed by atoms with Crippen LogP contribution in [0.25, 0.3) is 0 Å². The maximum atomic E-state index is 12.0. The Morgan fingerprint density at radius 2 is 2.11 bits per heavy atom. The standard InChI is InChI=1S/C14H16N2O2/c1-9-6-10(2)12(18-3)11(7-9)16-13(17)14(8-15)4-5-14/h6-7H,4-5H2,1-3H3,(H,16,17). The molecule has 1 N–H and O–H groups in total. The van der Waals surface area contributed by atoms with Crippen LogP contribution in [0.3, 0.4) is 0 Å². The third-order valence-corrected chi connectivity index (χ3v) is 3.27. The molecule has 94 valence electrons. The number of aryl methyl sites for hydroxylation is 2. The summed E-state index contributed by atoms with van der Waals surface area (Å²) in [6, 6.07) is 5.94. The van der Waals surface area contributed by atoms with E-state index in [4.69, 9.17) is 10.00 Å². The summed E-state index contributed by atoms with van der Waals surface area (Å²) < 4.78 is 5.30. The van der Waals surface area contributed by atoms with E-state index < -0.39 is 5.41 Å². The van der Waals surface area contributed by atoms with Gasteiger partial charge in [0.2, 0.25) is 5.91 Å². The summed E-state index contributed by atoms with van der Waals surface area (Å²) in [5.41, 5.74) is 1.84. The summed E-state index contributed by atoms with van der Waals surface area (Å²) in [6.45, 7) is 3.89. The number of benzene rings is 1. The fourth-order valence-corrected chi connectivity index (χ4v) is 2.07. The van der Waals surface area contributed by atoms with Crippen LogP contribution in [0.4, 0.5) is 5.69 Å². The highest BCUT2D eigenvalue weighted by molar-refractivity contribution is 6.00. The fourth-order valence-electron chi connectivity index (χ4n) is 2.07. The van der Waals surface area contributed by atoms with Crippen LogP contribution in [0.1, 0.15) is 24.0 Å². The van der Waals surface area contributed by atoms with Gasteiger partial charge in [-0.05, 0) is 43.9 Å². The van der Waals surface area contributed by atoms with Gasteiger partial charge in [-0.3, -0.25) is 4.79 Å². The maximum absolute atomic E-state index is 12.0. The van der Waals surface area contributed by atoms with Crippen LogP contribution in [0.5, 0.6) is 5.75 Å². The van der Waals surface area contributed by atoms with Crippen LogP contribution in [0.15, 0.2) is 12.1 Å². The van der Waals surface area contributed by atoms with E-state index in [2.05, 4.69) is 11.4 Å². The topological polar surface area (TPSA) is 62.1 Å². The molecule has 0 heterocycles. The van der Waals surface area contributed by atoms with E-state index in [-0.39, 0.29) is 5.91 Å². The van der Waals surface area contributed by atoms with Crippen LogP contribution < -0.4 is 10.1 Å². The third kappa shape index (κ3) is 2.04. The zero-order valence-corrected chi connectivity index (χ0v) is 10.8. The maximum Gasteiger partial charge on any atom is 0.244 e. The van der Waals surface area contributed by atoms with Gasteiger partial charge in [-0.2, -0.15) is 5.26 Å². The SMILES string of the molecule is COc1c(C)cc(C)cc1NC(=O)C1(C#N)CC1. The van der Waals surface area contributed by atoms with E-state index in [1.807, 2.05) is 26.0 Å². The molecular formula is C14H16N2O2. The van der Waals surface area contributed by atoms with Gasteiger partial charge in [0.15, 0.2) is 0 Å². The largest absolute Gasteiger partial charge is 0.494 e. The average molecular weight is 244 g/mol. The molecule has 0 aromatic heterocycles. The lowest BCUT2D eigenvalue weighted by Crippen LogP contribution is -2.23. The number of nitrogens with one attached hydrogen (secondary N) is 1. The lowest BCUT2D eigenvalue weighted by Gasteiger charge is -2.15. The lowest BCUT2D eigenvalue weighted by molar-refractivity contribution is -0.119. The van der Waals surface area contributed by atoms with Gasteiger partial charge in [0.05, 0.1) is 18.9 Å². The summed E-state index contributed by atoms with van der Waals surface area (Å²) in [6.07, 6.45) is 1.28. The quantitative estimate of drug-likeness (QED) is 0.888. The van der Waals surface area contributed by atoms with E-state index in [1.165, 1.54) is 0 Å². The molecule has 1 aromatic rings.